The first-order chi connectivity index (χ1) is 6.29. The summed E-state index contributed by atoms with van der Waals surface area (Å²) in [4.78, 5) is 17.3. The van der Waals surface area contributed by atoms with E-state index in [4.69, 9.17) is 4.84 Å². The third-order valence-electron chi connectivity index (χ3n) is 3.46. The molecule has 0 aromatic rings. The van der Waals surface area contributed by atoms with Crippen molar-refractivity contribution in [2.45, 2.75) is 57.7 Å². The Labute approximate surface area is 85.5 Å². The highest BCUT2D eigenvalue weighted by Gasteiger charge is 2.44. The molecule has 0 aromatic heterocycles. The summed E-state index contributed by atoms with van der Waals surface area (Å²) < 4.78 is 0. The van der Waals surface area contributed by atoms with E-state index in [2.05, 4.69) is 45.0 Å². The van der Waals surface area contributed by atoms with Gasteiger partial charge in [-0.3, -0.25) is 4.90 Å². The highest BCUT2D eigenvalue weighted by molar-refractivity contribution is 4.98. The van der Waals surface area contributed by atoms with Gasteiger partial charge in [-0.1, -0.05) is 0 Å². The van der Waals surface area contributed by atoms with Crippen LogP contribution in [0.25, 0.3) is 0 Å². The second kappa shape index (κ2) is 3.50. The molecule has 0 radical (unpaired) electrons. The van der Waals surface area contributed by atoms with E-state index in [1.165, 1.54) is 0 Å². The van der Waals surface area contributed by atoms with Gasteiger partial charge in [0.05, 0.1) is 0 Å². The van der Waals surface area contributed by atoms with Crippen LogP contribution in [0.4, 0.5) is 0 Å². The molecule has 0 spiro atoms. The molecule has 0 aliphatic carbocycles. The molecule has 0 N–H and O–H groups in total. The van der Waals surface area contributed by atoms with Crippen LogP contribution in [0.15, 0.2) is 5.34 Å². The second-order valence-corrected chi connectivity index (χ2v) is 5.39. The lowest BCUT2D eigenvalue weighted by Crippen LogP contribution is -2.60. The molecule has 82 valence electrons. The predicted octanol–water partition coefficient (Wildman–Crippen LogP) is 2.34. The molecule has 0 saturated carbocycles. The van der Waals surface area contributed by atoms with Crippen LogP contribution in [0.1, 0.15) is 40.5 Å². The Kier molecular flexibility index (Phi) is 2.86. The van der Waals surface area contributed by atoms with Gasteiger partial charge < -0.3 is 4.84 Å². The summed E-state index contributed by atoms with van der Waals surface area (Å²) in [5.74, 6) is 0. The maximum absolute atomic E-state index is 10.1. The molecule has 4 nitrogen and oxygen atoms in total. The number of hydrogen-bond acceptors (Lipinski definition) is 4. The Hall–Kier alpha value is -0.640. The monoisotopic (exact) mass is 200 g/mol. The van der Waals surface area contributed by atoms with E-state index in [1.54, 1.807) is 0 Å². The average molecular weight is 200 g/mol. The van der Waals surface area contributed by atoms with Crippen molar-refractivity contribution in [3.63, 3.8) is 0 Å². The first kappa shape index (κ1) is 11.4. The number of hydrogen-bond donors (Lipinski definition) is 0. The lowest BCUT2D eigenvalue weighted by molar-refractivity contribution is -0.0918. The van der Waals surface area contributed by atoms with Crippen LogP contribution in [-0.2, 0) is 4.84 Å². The maximum atomic E-state index is 10.1. The van der Waals surface area contributed by atoms with Crippen molar-refractivity contribution in [3.05, 3.63) is 4.91 Å². The Morgan fingerprint density at radius 2 is 1.64 bits per heavy atom. The van der Waals surface area contributed by atoms with Gasteiger partial charge in [-0.2, -0.15) is 0 Å². The smallest absolute Gasteiger partial charge is 0.155 e. The summed E-state index contributed by atoms with van der Waals surface area (Å²) in [6.07, 6.45) is 1.64. The highest BCUT2D eigenvalue weighted by Crippen LogP contribution is 2.37. The zero-order chi connectivity index (χ0) is 11.0. The minimum Gasteiger partial charge on any atom is -0.361 e. The first-order valence-corrected chi connectivity index (χ1v) is 5.02. The Balaban J connectivity index is 2.80. The van der Waals surface area contributed by atoms with Crippen molar-refractivity contribution in [3.8, 4) is 0 Å². The largest absolute Gasteiger partial charge is 0.361 e. The van der Waals surface area contributed by atoms with E-state index in [-0.39, 0.29) is 17.2 Å². The molecule has 0 amide bonds. The summed E-state index contributed by atoms with van der Waals surface area (Å²) in [5, 5.41) is 2.55. The van der Waals surface area contributed by atoms with Crippen molar-refractivity contribution in [1.29, 1.82) is 0 Å². The molecule has 0 unspecified atom stereocenters. The van der Waals surface area contributed by atoms with Crippen molar-refractivity contribution in [1.82, 2.24) is 4.90 Å². The molecule has 0 aromatic carbocycles. The van der Waals surface area contributed by atoms with Crippen molar-refractivity contribution >= 4 is 0 Å². The summed E-state index contributed by atoms with van der Waals surface area (Å²) in [5.41, 5.74) is 0.105. The third kappa shape index (κ3) is 2.05. The van der Waals surface area contributed by atoms with Crippen LogP contribution in [0.5, 0.6) is 0 Å². The first-order valence-electron chi connectivity index (χ1n) is 5.02. The fourth-order valence-electron chi connectivity index (χ4n) is 2.42. The Bertz CT molecular complexity index is 208. The highest BCUT2D eigenvalue weighted by atomic mass is 16.7. The van der Waals surface area contributed by atoms with Crippen LogP contribution in [0.2, 0.25) is 0 Å². The van der Waals surface area contributed by atoms with Crippen molar-refractivity contribution in [2.75, 3.05) is 7.05 Å². The van der Waals surface area contributed by atoms with Gasteiger partial charge in [0, 0.05) is 23.9 Å². The van der Waals surface area contributed by atoms with E-state index in [0.717, 1.165) is 12.8 Å². The SMILES string of the molecule is CN1C(C)(C)CC(ON=O)CC1(C)C. The molecule has 1 aliphatic rings. The second-order valence-electron chi connectivity index (χ2n) is 5.39. The molecule has 0 atom stereocenters. The molecule has 1 heterocycles. The van der Waals surface area contributed by atoms with Gasteiger partial charge >= 0.3 is 0 Å². The third-order valence-corrected chi connectivity index (χ3v) is 3.46. The van der Waals surface area contributed by atoms with Crippen LogP contribution < -0.4 is 0 Å². The Morgan fingerprint density at radius 1 is 1.21 bits per heavy atom. The Morgan fingerprint density at radius 3 is 2.00 bits per heavy atom. The maximum Gasteiger partial charge on any atom is 0.155 e. The van der Waals surface area contributed by atoms with E-state index in [0.29, 0.717) is 0 Å². The summed E-state index contributed by atoms with van der Waals surface area (Å²) >= 11 is 0. The molecule has 1 rings (SSSR count). The van der Waals surface area contributed by atoms with Crippen molar-refractivity contribution in [2.24, 2.45) is 5.34 Å². The van der Waals surface area contributed by atoms with E-state index < -0.39 is 0 Å². The van der Waals surface area contributed by atoms with Gasteiger partial charge in [0.15, 0.2) is 5.34 Å². The zero-order valence-electron chi connectivity index (χ0n) is 9.70. The number of nitrogens with zero attached hydrogens (tertiary/aromatic N) is 2. The van der Waals surface area contributed by atoms with E-state index >= 15 is 0 Å². The standard InChI is InChI=1S/C10H20N2O2/c1-9(2)6-8(14-11-13)7-10(3,4)12(9)5/h8H,6-7H2,1-5H3. The summed E-state index contributed by atoms with van der Waals surface area (Å²) in [6, 6.07) is 0. The molecule has 1 saturated heterocycles. The summed E-state index contributed by atoms with van der Waals surface area (Å²) in [6.45, 7) is 8.65. The quantitative estimate of drug-likeness (QED) is 0.507. The molecular formula is C10H20N2O2. The molecule has 1 aliphatic heterocycles. The van der Waals surface area contributed by atoms with E-state index in [1.807, 2.05) is 0 Å². The van der Waals surface area contributed by atoms with Gasteiger partial charge in [0.25, 0.3) is 0 Å². The van der Waals surface area contributed by atoms with Crippen LogP contribution in [0.3, 0.4) is 0 Å². The van der Waals surface area contributed by atoms with Crippen molar-refractivity contribution < 1.29 is 4.84 Å². The lowest BCUT2D eigenvalue weighted by Gasteiger charge is -2.52. The molecular weight excluding hydrogens is 180 g/mol. The molecule has 0 bridgehead atoms. The minimum atomic E-state index is -0.0475. The number of likely N-dealkylation sites (tertiary alicyclic amines) is 1. The molecule has 14 heavy (non-hydrogen) atoms. The van der Waals surface area contributed by atoms with Crippen LogP contribution in [-0.4, -0.2) is 29.1 Å². The lowest BCUT2D eigenvalue weighted by atomic mass is 9.79. The van der Waals surface area contributed by atoms with E-state index in [9.17, 15) is 4.91 Å². The fourth-order valence-corrected chi connectivity index (χ4v) is 2.42. The topological polar surface area (TPSA) is 41.9 Å². The minimum absolute atomic E-state index is 0.0475. The molecule has 4 heteroatoms. The van der Waals surface area contributed by atoms with Gasteiger partial charge in [-0.05, 0) is 34.7 Å². The van der Waals surface area contributed by atoms with Gasteiger partial charge in [-0.15, -0.1) is 4.91 Å². The zero-order valence-corrected chi connectivity index (χ0v) is 9.70. The fraction of sp³-hybridized carbons (Fsp3) is 1.00. The number of rotatable bonds is 2. The van der Waals surface area contributed by atoms with Gasteiger partial charge in [0.1, 0.15) is 6.10 Å². The van der Waals surface area contributed by atoms with Gasteiger partial charge in [-0.25, -0.2) is 0 Å². The van der Waals surface area contributed by atoms with Crippen LogP contribution in [0, 0.1) is 4.91 Å². The number of piperidine rings is 1. The predicted molar refractivity (Wildman–Crippen MR) is 55.8 cm³/mol. The molecule has 1 fully saturated rings. The summed E-state index contributed by atoms with van der Waals surface area (Å²) in [7, 11) is 2.12. The normalized spacial score (nSPS) is 27.2. The average Bonchev–Trinajstić information content (AvgIpc) is 1.99. The van der Waals surface area contributed by atoms with Crippen LogP contribution >= 0.6 is 0 Å². The van der Waals surface area contributed by atoms with Gasteiger partial charge in [0.2, 0.25) is 0 Å².